The topological polar surface area (TPSA) is 45.5 Å². The van der Waals surface area contributed by atoms with Gasteiger partial charge in [0.05, 0.1) is 17.2 Å². The predicted molar refractivity (Wildman–Crippen MR) is 86.7 cm³/mol. The van der Waals surface area contributed by atoms with E-state index in [0.717, 1.165) is 28.5 Å². The molecule has 1 N–H and O–H groups in total. The van der Waals surface area contributed by atoms with Gasteiger partial charge in [-0.2, -0.15) is 0 Å². The third-order valence-corrected chi connectivity index (χ3v) is 4.84. The molecule has 5 heteroatoms. The van der Waals surface area contributed by atoms with Crippen LogP contribution in [0.15, 0.2) is 28.9 Å². The Bertz CT molecular complexity index is 674. The molecule has 0 spiro atoms. The van der Waals surface area contributed by atoms with Gasteiger partial charge in [0, 0.05) is 29.1 Å². The molecule has 0 bridgehead atoms. The molecular weight excluding hydrogens is 332 g/mol. The maximum Gasteiger partial charge on any atom is 0.337 e. The van der Waals surface area contributed by atoms with Crippen LogP contribution in [0.2, 0.25) is 0 Å². The van der Waals surface area contributed by atoms with Crippen LogP contribution in [0, 0.1) is 0 Å². The SMILES string of the molecule is CC(N1CCCCC1)n1cc(C(=O)O)c2cc(Br)ccc21. The zero-order chi connectivity index (χ0) is 15.0. The van der Waals surface area contributed by atoms with E-state index in [2.05, 4.69) is 32.3 Å². The number of fused-ring (bicyclic) bond motifs is 1. The van der Waals surface area contributed by atoms with Crippen LogP contribution >= 0.6 is 15.9 Å². The van der Waals surface area contributed by atoms with Crippen LogP contribution in [-0.2, 0) is 0 Å². The first-order valence-corrected chi connectivity index (χ1v) is 8.14. The smallest absolute Gasteiger partial charge is 0.337 e. The van der Waals surface area contributed by atoms with Crippen molar-refractivity contribution < 1.29 is 9.90 Å². The van der Waals surface area contributed by atoms with E-state index in [9.17, 15) is 9.90 Å². The molecule has 1 aromatic carbocycles. The summed E-state index contributed by atoms with van der Waals surface area (Å²) in [5, 5.41) is 10.2. The summed E-state index contributed by atoms with van der Waals surface area (Å²) in [7, 11) is 0. The third-order valence-electron chi connectivity index (χ3n) is 4.35. The molecule has 0 amide bonds. The Kier molecular flexibility index (Phi) is 4.04. The second-order valence-corrected chi connectivity index (χ2v) is 6.56. The van der Waals surface area contributed by atoms with Crippen LogP contribution in [0.3, 0.4) is 0 Å². The number of aromatic carboxylic acids is 1. The van der Waals surface area contributed by atoms with E-state index in [1.165, 1.54) is 19.3 Å². The van der Waals surface area contributed by atoms with E-state index < -0.39 is 5.97 Å². The summed E-state index contributed by atoms with van der Waals surface area (Å²) < 4.78 is 3.00. The Morgan fingerprint density at radius 2 is 2.00 bits per heavy atom. The van der Waals surface area contributed by atoms with E-state index in [4.69, 9.17) is 0 Å². The largest absolute Gasteiger partial charge is 0.478 e. The van der Waals surface area contributed by atoms with Gasteiger partial charge in [-0.15, -0.1) is 0 Å². The molecular formula is C16H19BrN2O2. The fraction of sp³-hybridized carbons (Fsp3) is 0.438. The van der Waals surface area contributed by atoms with Gasteiger partial charge in [-0.25, -0.2) is 4.79 Å². The summed E-state index contributed by atoms with van der Waals surface area (Å²) in [6, 6.07) is 5.85. The lowest BCUT2D eigenvalue weighted by Crippen LogP contribution is -2.35. The molecule has 4 nitrogen and oxygen atoms in total. The standard InChI is InChI=1S/C16H19BrN2O2/c1-11(18-7-3-2-4-8-18)19-10-14(16(20)21)13-9-12(17)5-6-15(13)19/h5-6,9-11H,2-4,7-8H2,1H3,(H,20,21). The molecule has 0 radical (unpaired) electrons. The predicted octanol–water partition coefficient (Wildman–Crippen LogP) is 4.11. The number of aromatic nitrogens is 1. The molecule has 1 aromatic heterocycles. The second kappa shape index (κ2) is 5.81. The number of halogens is 1. The average Bonchev–Trinajstić information content (AvgIpc) is 2.86. The lowest BCUT2D eigenvalue weighted by atomic mass is 10.1. The van der Waals surface area contributed by atoms with Gasteiger partial charge in [-0.1, -0.05) is 22.4 Å². The van der Waals surface area contributed by atoms with Crippen LogP contribution in [0.25, 0.3) is 10.9 Å². The van der Waals surface area contributed by atoms with Gasteiger partial charge in [0.1, 0.15) is 0 Å². The molecule has 1 atom stereocenters. The van der Waals surface area contributed by atoms with Gasteiger partial charge in [0.15, 0.2) is 0 Å². The highest BCUT2D eigenvalue weighted by molar-refractivity contribution is 9.10. The molecule has 2 aromatic rings. The minimum atomic E-state index is -0.873. The van der Waals surface area contributed by atoms with Crippen molar-refractivity contribution in [3.05, 3.63) is 34.4 Å². The lowest BCUT2D eigenvalue weighted by molar-refractivity contribution is 0.0698. The minimum Gasteiger partial charge on any atom is -0.478 e. The summed E-state index contributed by atoms with van der Waals surface area (Å²) in [6.45, 7) is 4.32. The van der Waals surface area contributed by atoms with Crippen LogP contribution in [-0.4, -0.2) is 33.6 Å². The molecule has 1 fully saturated rings. The molecule has 2 heterocycles. The molecule has 1 saturated heterocycles. The van der Waals surface area contributed by atoms with Crippen LogP contribution in [0.4, 0.5) is 0 Å². The zero-order valence-corrected chi connectivity index (χ0v) is 13.6. The van der Waals surface area contributed by atoms with Crippen LogP contribution < -0.4 is 0 Å². The Labute approximate surface area is 132 Å². The molecule has 1 unspecified atom stereocenters. The van der Waals surface area contributed by atoms with Crippen molar-refractivity contribution >= 4 is 32.8 Å². The van der Waals surface area contributed by atoms with Crippen molar-refractivity contribution in [1.29, 1.82) is 0 Å². The number of hydrogen-bond acceptors (Lipinski definition) is 2. The summed E-state index contributed by atoms with van der Waals surface area (Å²) in [4.78, 5) is 13.9. The van der Waals surface area contributed by atoms with Gasteiger partial charge in [0.2, 0.25) is 0 Å². The third kappa shape index (κ3) is 2.72. The number of carbonyl (C=O) groups is 1. The minimum absolute atomic E-state index is 0.182. The number of rotatable bonds is 3. The maximum absolute atomic E-state index is 11.5. The van der Waals surface area contributed by atoms with Crippen molar-refractivity contribution in [1.82, 2.24) is 9.47 Å². The zero-order valence-electron chi connectivity index (χ0n) is 12.1. The van der Waals surface area contributed by atoms with Gasteiger partial charge in [-0.3, -0.25) is 4.90 Å². The fourth-order valence-electron chi connectivity index (χ4n) is 3.17. The summed E-state index contributed by atoms with van der Waals surface area (Å²) in [6.07, 6.45) is 5.70. The molecule has 3 rings (SSSR count). The highest BCUT2D eigenvalue weighted by atomic mass is 79.9. The van der Waals surface area contributed by atoms with Crippen molar-refractivity contribution in [3.63, 3.8) is 0 Å². The Morgan fingerprint density at radius 3 is 2.67 bits per heavy atom. The molecule has 112 valence electrons. The van der Waals surface area contributed by atoms with Crippen molar-refractivity contribution in [2.75, 3.05) is 13.1 Å². The molecule has 0 saturated carbocycles. The maximum atomic E-state index is 11.5. The Morgan fingerprint density at radius 1 is 1.29 bits per heavy atom. The fourth-order valence-corrected chi connectivity index (χ4v) is 3.54. The lowest BCUT2D eigenvalue weighted by Gasteiger charge is -2.33. The quantitative estimate of drug-likeness (QED) is 0.905. The van der Waals surface area contributed by atoms with Gasteiger partial charge in [0.25, 0.3) is 0 Å². The summed E-state index contributed by atoms with van der Waals surface area (Å²) in [5.41, 5.74) is 1.35. The second-order valence-electron chi connectivity index (χ2n) is 5.65. The molecule has 0 aliphatic carbocycles. The highest BCUT2D eigenvalue weighted by Gasteiger charge is 2.22. The van der Waals surface area contributed by atoms with Crippen molar-refractivity contribution in [3.8, 4) is 0 Å². The monoisotopic (exact) mass is 350 g/mol. The highest BCUT2D eigenvalue weighted by Crippen LogP contribution is 2.30. The molecule has 1 aliphatic heterocycles. The Balaban J connectivity index is 2.07. The van der Waals surface area contributed by atoms with Gasteiger partial charge in [-0.05, 0) is 38.0 Å². The van der Waals surface area contributed by atoms with E-state index in [-0.39, 0.29) is 6.17 Å². The van der Waals surface area contributed by atoms with Crippen LogP contribution in [0.5, 0.6) is 0 Å². The number of nitrogens with zero attached hydrogens (tertiary/aromatic N) is 2. The number of likely N-dealkylation sites (tertiary alicyclic amines) is 1. The van der Waals surface area contributed by atoms with E-state index in [1.807, 2.05) is 18.2 Å². The van der Waals surface area contributed by atoms with Crippen molar-refractivity contribution in [2.45, 2.75) is 32.4 Å². The number of piperidine rings is 1. The van der Waals surface area contributed by atoms with E-state index in [1.54, 1.807) is 6.20 Å². The average molecular weight is 351 g/mol. The number of hydrogen-bond donors (Lipinski definition) is 1. The summed E-state index contributed by atoms with van der Waals surface area (Å²) >= 11 is 3.43. The Hall–Kier alpha value is -1.33. The molecule has 1 aliphatic rings. The summed E-state index contributed by atoms with van der Waals surface area (Å²) in [5.74, 6) is -0.873. The van der Waals surface area contributed by atoms with Gasteiger partial charge < -0.3 is 9.67 Å². The first-order chi connectivity index (χ1) is 10.1. The van der Waals surface area contributed by atoms with Crippen LogP contribution in [0.1, 0.15) is 42.7 Å². The number of carboxylic acid groups (broad SMARTS) is 1. The first-order valence-electron chi connectivity index (χ1n) is 7.35. The van der Waals surface area contributed by atoms with E-state index in [0.29, 0.717) is 5.56 Å². The normalized spacial score (nSPS) is 18.0. The van der Waals surface area contributed by atoms with Crippen molar-refractivity contribution in [2.24, 2.45) is 0 Å². The molecule has 21 heavy (non-hydrogen) atoms. The van der Waals surface area contributed by atoms with E-state index >= 15 is 0 Å². The van der Waals surface area contributed by atoms with Gasteiger partial charge >= 0.3 is 5.97 Å². The first kappa shape index (κ1) is 14.6. The number of carboxylic acids is 1. The number of benzene rings is 1.